The summed E-state index contributed by atoms with van der Waals surface area (Å²) >= 11 is 0. The van der Waals surface area contributed by atoms with Gasteiger partial charge >= 0.3 is 0 Å². The molecule has 2 amide bonds. The summed E-state index contributed by atoms with van der Waals surface area (Å²) in [5, 5.41) is 10.1. The van der Waals surface area contributed by atoms with E-state index in [-0.39, 0.29) is 40.7 Å². The van der Waals surface area contributed by atoms with Crippen molar-refractivity contribution in [3.05, 3.63) is 53.5 Å². The van der Waals surface area contributed by atoms with Crippen molar-refractivity contribution in [1.82, 2.24) is 25.2 Å². The first-order valence-electron chi connectivity index (χ1n) is 12.2. The van der Waals surface area contributed by atoms with Crippen molar-refractivity contribution in [1.29, 1.82) is 0 Å². The molecule has 0 radical (unpaired) electrons. The average Bonchev–Trinajstić information content (AvgIpc) is 3.36. The molecule has 0 unspecified atom stereocenters. The van der Waals surface area contributed by atoms with Crippen molar-refractivity contribution >= 4 is 29.6 Å². The fourth-order valence-electron chi connectivity index (χ4n) is 4.67. The predicted octanol–water partition coefficient (Wildman–Crippen LogP) is 3.11. The molecule has 36 heavy (non-hydrogen) atoms. The number of rotatable bonds is 9. The topological polar surface area (TPSA) is 141 Å². The number of hydrogen-bond donors (Lipinski definition) is 3. The van der Waals surface area contributed by atoms with Crippen molar-refractivity contribution in [3.8, 4) is 5.75 Å². The Labute approximate surface area is 209 Å². The summed E-state index contributed by atoms with van der Waals surface area (Å²) in [6, 6.07) is 7.96. The molecule has 2 heterocycles. The van der Waals surface area contributed by atoms with Crippen molar-refractivity contribution in [2.45, 2.75) is 52.5 Å². The molecule has 3 aromatic rings. The van der Waals surface area contributed by atoms with E-state index >= 15 is 0 Å². The van der Waals surface area contributed by atoms with Crippen LogP contribution in [0.2, 0.25) is 0 Å². The predicted molar refractivity (Wildman–Crippen MR) is 134 cm³/mol. The van der Waals surface area contributed by atoms with Crippen LogP contribution in [0.4, 0.5) is 5.69 Å². The van der Waals surface area contributed by atoms with Crippen molar-refractivity contribution in [3.63, 3.8) is 0 Å². The molecule has 4 N–H and O–H groups in total. The Morgan fingerprint density at radius 2 is 1.97 bits per heavy atom. The number of hydrogen-bond acceptors (Lipinski definition) is 7. The van der Waals surface area contributed by atoms with E-state index in [4.69, 9.17) is 10.5 Å². The van der Waals surface area contributed by atoms with Crippen LogP contribution in [0.15, 0.2) is 36.5 Å². The maximum absolute atomic E-state index is 13.2. The first-order chi connectivity index (χ1) is 17.3. The molecule has 0 saturated heterocycles. The lowest BCUT2D eigenvalue weighted by molar-refractivity contribution is -0.120. The van der Waals surface area contributed by atoms with Gasteiger partial charge in [-0.05, 0) is 54.7 Å². The third-order valence-corrected chi connectivity index (χ3v) is 7.09. The molecule has 1 aromatic carbocycles. The molecule has 10 heteroatoms. The van der Waals surface area contributed by atoms with Gasteiger partial charge in [0.15, 0.2) is 11.4 Å². The maximum atomic E-state index is 13.2. The van der Waals surface area contributed by atoms with Gasteiger partial charge in [0.1, 0.15) is 11.4 Å². The van der Waals surface area contributed by atoms with Gasteiger partial charge in [-0.2, -0.15) is 5.10 Å². The van der Waals surface area contributed by atoms with Crippen LogP contribution >= 0.6 is 0 Å². The number of amides is 2. The van der Waals surface area contributed by atoms with Crippen molar-refractivity contribution in [2.75, 3.05) is 12.3 Å². The van der Waals surface area contributed by atoms with E-state index in [9.17, 15) is 14.4 Å². The zero-order valence-electron chi connectivity index (χ0n) is 20.6. The number of carbonyl (C=O) groups is 3. The second-order valence-corrected chi connectivity index (χ2v) is 9.74. The smallest absolute Gasteiger partial charge is 0.298 e. The first-order valence-corrected chi connectivity index (χ1v) is 12.2. The standard InChI is InChI=1S/C26H32N6O4/c1-3-17-6-9-26(2,10-7-17)15-29-25(35)21-13-20(31-23-8-11-30-32(21)23)24(34)28-14-18-4-5-22(36-16-33)19(27)12-18/h4-5,8,11-13,16-17H,3,6-7,9-10,14-15,27H2,1-2H3,(H,28,34)(H,29,35). The molecular formula is C26H32N6O4. The van der Waals surface area contributed by atoms with Gasteiger partial charge in [-0.3, -0.25) is 14.4 Å². The quantitative estimate of drug-likeness (QED) is 0.308. The van der Waals surface area contributed by atoms with Gasteiger partial charge in [-0.1, -0.05) is 26.3 Å². The van der Waals surface area contributed by atoms with Crippen LogP contribution in [-0.2, 0) is 11.3 Å². The number of nitrogens with two attached hydrogens (primary N) is 1. The second-order valence-electron chi connectivity index (χ2n) is 9.74. The van der Waals surface area contributed by atoms with Crippen LogP contribution < -0.4 is 21.1 Å². The lowest BCUT2D eigenvalue weighted by Crippen LogP contribution is -2.39. The van der Waals surface area contributed by atoms with Crippen LogP contribution in [0.25, 0.3) is 5.65 Å². The Morgan fingerprint density at radius 1 is 1.19 bits per heavy atom. The number of nitrogens with one attached hydrogen (secondary N) is 2. The molecule has 1 saturated carbocycles. The van der Waals surface area contributed by atoms with Gasteiger partial charge in [-0.15, -0.1) is 0 Å². The van der Waals surface area contributed by atoms with Crippen molar-refractivity contribution < 1.29 is 19.1 Å². The minimum absolute atomic E-state index is 0.0615. The van der Waals surface area contributed by atoms with E-state index in [2.05, 4.69) is 34.6 Å². The van der Waals surface area contributed by atoms with Crippen LogP contribution in [-0.4, -0.2) is 39.4 Å². The highest BCUT2D eigenvalue weighted by molar-refractivity contribution is 5.98. The van der Waals surface area contributed by atoms with Crippen LogP contribution in [0, 0.1) is 11.3 Å². The largest absolute Gasteiger partial charge is 0.427 e. The van der Waals surface area contributed by atoms with Crippen LogP contribution in [0.3, 0.4) is 0 Å². The Balaban J connectivity index is 1.45. The molecule has 0 aliphatic heterocycles. The summed E-state index contributed by atoms with van der Waals surface area (Å²) in [6.07, 6.45) is 7.28. The lowest BCUT2D eigenvalue weighted by Gasteiger charge is -2.37. The number of nitrogen functional groups attached to an aromatic ring is 1. The molecule has 2 aromatic heterocycles. The molecule has 0 atom stereocenters. The fourth-order valence-corrected chi connectivity index (χ4v) is 4.67. The zero-order chi connectivity index (χ0) is 25.7. The lowest BCUT2D eigenvalue weighted by atomic mass is 9.71. The molecule has 10 nitrogen and oxygen atoms in total. The van der Waals surface area contributed by atoms with E-state index in [1.165, 1.54) is 29.8 Å². The number of carbonyl (C=O) groups excluding carboxylic acids is 3. The van der Waals surface area contributed by atoms with E-state index < -0.39 is 5.91 Å². The Kier molecular flexibility index (Phi) is 7.52. The summed E-state index contributed by atoms with van der Waals surface area (Å²) in [5.41, 5.74) is 7.69. The van der Waals surface area contributed by atoms with Crippen LogP contribution in [0.1, 0.15) is 72.5 Å². The third-order valence-electron chi connectivity index (χ3n) is 7.09. The SMILES string of the molecule is CCC1CCC(C)(CNC(=O)c2cc(C(=O)NCc3ccc(OC=O)c(N)c3)nc3ccnn23)CC1. The zero-order valence-corrected chi connectivity index (χ0v) is 20.6. The van der Waals surface area contributed by atoms with E-state index in [0.29, 0.717) is 24.2 Å². The minimum atomic E-state index is -0.440. The first kappa shape index (κ1) is 25.2. The van der Waals surface area contributed by atoms with E-state index in [0.717, 1.165) is 18.8 Å². The Hall–Kier alpha value is -3.95. The van der Waals surface area contributed by atoms with Gasteiger partial charge in [0.2, 0.25) is 0 Å². The number of nitrogens with zero attached hydrogens (tertiary/aromatic N) is 3. The molecule has 1 fully saturated rings. The molecular weight excluding hydrogens is 460 g/mol. The molecule has 0 spiro atoms. The molecule has 1 aliphatic carbocycles. The highest BCUT2D eigenvalue weighted by Gasteiger charge is 2.31. The number of ether oxygens (including phenoxy) is 1. The van der Waals surface area contributed by atoms with Crippen LogP contribution in [0.5, 0.6) is 5.75 Å². The summed E-state index contributed by atoms with van der Waals surface area (Å²) in [4.78, 5) is 40.9. The normalized spacial score (nSPS) is 19.6. The molecule has 0 bridgehead atoms. The average molecular weight is 493 g/mol. The molecule has 4 rings (SSSR count). The van der Waals surface area contributed by atoms with Gasteiger partial charge in [-0.25, -0.2) is 9.50 Å². The van der Waals surface area contributed by atoms with Gasteiger partial charge in [0.25, 0.3) is 18.3 Å². The minimum Gasteiger partial charge on any atom is -0.427 e. The fraction of sp³-hybridized carbons (Fsp3) is 0.423. The number of fused-ring (bicyclic) bond motifs is 1. The Bertz CT molecular complexity index is 1260. The number of benzene rings is 1. The van der Waals surface area contributed by atoms with Gasteiger partial charge in [0.05, 0.1) is 11.9 Å². The van der Waals surface area contributed by atoms with E-state index in [1.54, 1.807) is 30.5 Å². The van der Waals surface area contributed by atoms with Crippen molar-refractivity contribution in [2.24, 2.45) is 11.3 Å². The summed E-state index contributed by atoms with van der Waals surface area (Å²) in [6.45, 7) is 5.50. The number of aromatic nitrogens is 3. The highest BCUT2D eigenvalue weighted by atomic mass is 16.5. The second kappa shape index (κ2) is 10.8. The summed E-state index contributed by atoms with van der Waals surface area (Å²) < 4.78 is 6.22. The van der Waals surface area contributed by atoms with Gasteiger partial charge in [0, 0.05) is 25.2 Å². The summed E-state index contributed by atoms with van der Waals surface area (Å²) in [7, 11) is 0. The van der Waals surface area contributed by atoms with E-state index in [1.807, 2.05) is 0 Å². The molecule has 190 valence electrons. The monoisotopic (exact) mass is 492 g/mol. The highest BCUT2D eigenvalue weighted by Crippen LogP contribution is 2.39. The third kappa shape index (κ3) is 5.64. The summed E-state index contributed by atoms with van der Waals surface area (Å²) in [5.74, 6) is 0.288. The number of anilines is 1. The maximum Gasteiger partial charge on any atom is 0.298 e. The Morgan fingerprint density at radius 3 is 2.67 bits per heavy atom. The van der Waals surface area contributed by atoms with Gasteiger partial charge < -0.3 is 21.1 Å². The molecule has 1 aliphatic rings.